The fraction of sp³-hybridized carbons (Fsp3) is 0.483. The topological polar surface area (TPSA) is 104 Å². The van der Waals surface area contributed by atoms with Crippen LogP contribution in [0.1, 0.15) is 38.2 Å². The second kappa shape index (κ2) is 12.0. The quantitative estimate of drug-likeness (QED) is 0.307. The zero-order valence-corrected chi connectivity index (χ0v) is 23.2. The van der Waals surface area contributed by atoms with Crippen LogP contribution in [0, 0.1) is 5.82 Å². The molecule has 3 aromatic rings. The second-order valence-corrected chi connectivity index (χ2v) is 10.8. The number of alkyl halides is 2. The molecule has 2 heterocycles. The van der Waals surface area contributed by atoms with Crippen LogP contribution in [-0.2, 0) is 13.0 Å². The summed E-state index contributed by atoms with van der Waals surface area (Å²) >= 11 is 0. The molecule has 0 spiro atoms. The van der Waals surface area contributed by atoms with Gasteiger partial charge in [0.1, 0.15) is 11.6 Å². The number of halogens is 3. The van der Waals surface area contributed by atoms with Gasteiger partial charge in [0.2, 0.25) is 5.92 Å². The highest BCUT2D eigenvalue weighted by molar-refractivity contribution is 5.96. The fourth-order valence-electron chi connectivity index (χ4n) is 5.40. The van der Waals surface area contributed by atoms with Crippen molar-refractivity contribution in [3.63, 3.8) is 0 Å². The molecule has 3 N–H and O–H groups in total. The van der Waals surface area contributed by atoms with Gasteiger partial charge < -0.3 is 25.3 Å². The average molecular weight is 573 g/mol. The van der Waals surface area contributed by atoms with E-state index >= 15 is 0 Å². The molecule has 12 heteroatoms. The molecular formula is C29H35F3N6O3. The maximum absolute atomic E-state index is 14.4. The lowest BCUT2D eigenvalue weighted by Gasteiger charge is -2.35. The third-order valence-electron chi connectivity index (χ3n) is 7.76. The molecule has 1 aliphatic heterocycles. The van der Waals surface area contributed by atoms with Gasteiger partial charge in [-0.1, -0.05) is 6.07 Å². The number of ether oxygens (including phenoxy) is 1. The summed E-state index contributed by atoms with van der Waals surface area (Å²) in [4.78, 5) is 35.8. The summed E-state index contributed by atoms with van der Waals surface area (Å²) in [7, 11) is 1.45. The Morgan fingerprint density at radius 1 is 1.17 bits per heavy atom. The van der Waals surface area contributed by atoms with Crippen LogP contribution >= 0.6 is 0 Å². The molecule has 1 saturated carbocycles. The van der Waals surface area contributed by atoms with E-state index in [0.29, 0.717) is 59.8 Å². The van der Waals surface area contributed by atoms with Gasteiger partial charge in [0.05, 0.1) is 24.1 Å². The Labute approximate surface area is 235 Å². The minimum Gasteiger partial charge on any atom is -0.497 e. The number of fused-ring (bicyclic) bond motifs is 1. The molecule has 2 aromatic carbocycles. The SMILES string of the molecule is COc1ccc(CCn2c(=O)[nH]c3cc(N/C(=N\C4CCC(F)(F)CC4)N4CCN[C@@H](C)C4)ccc3c2=O)c(F)c1. The summed E-state index contributed by atoms with van der Waals surface area (Å²) < 4.78 is 47.9. The van der Waals surface area contributed by atoms with Crippen molar-refractivity contribution in [2.24, 2.45) is 4.99 Å². The average Bonchev–Trinajstić information content (AvgIpc) is 2.94. The van der Waals surface area contributed by atoms with Crippen LogP contribution in [0.5, 0.6) is 5.75 Å². The summed E-state index contributed by atoms with van der Waals surface area (Å²) in [6.07, 6.45) is 0.414. The van der Waals surface area contributed by atoms with Crippen molar-refractivity contribution < 1.29 is 17.9 Å². The van der Waals surface area contributed by atoms with E-state index in [1.807, 2.05) is 0 Å². The molecule has 0 amide bonds. The van der Waals surface area contributed by atoms with Crippen molar-refractivity contribution in [1.82, 2.24) is 19.8 Å². The fourth-order valence-corrected chi connectivity index (χ4v) is 5.40. The standard InChI is InChI=1S/C29H35F3N6O3/c1-18-17-37(14-12-33-18)27(34-20-7-10-29(31,32)11-8-20)35-21-4-6-23-25(15-21)36-28(40)38(26(23)39)13-9-19-3-5-22(41-2)16-24(19)30/h3-6,15-16,18,20,33H,7-14,17H2,1-2H3,(H,34,35)(H,36,40)/t18-/m0/s1. The number of aromatic amines is 1. The molecule has 1 saturated heterocycles. The minimum atomic E-state index is -2.64. The van der Waals surface area contributed by atoms with Crippen LogP contribution in [0.15, 0.2) is 51.0 Å². The predicted octanol–water partition coefficient (Wildman–Crippen LogP) is 3.72. The van der Waals surface area contributed by atoms with E-state index in [2.05, 4.69) is 27.4 Å². The number of H-pyrrole nitrogens is 1. The van der Waals surface area contributed by atoms with Gasteiger partial charge in [0, 0.05) is 56.8 Å². The van der Waals surface area contributed by atoms with Gasteiger partial charge in [-0.2, -0.15) is 0 Å². The van der Waals surface area contributed by atoms with Crippen molar-refractivity contribution in [3.05, 3.63) is 68.6 Å². The Hall–Kier alpha value is -3.80. The number of nitrogens with zero attached hydrogens (tertiary/aromatic N) is 3. The van der Waals surface area contributed by atoms with Crippen molar-refractivity contribution in [2.45, 2.75) is 63.6 Å². The molecule has 5 rings (SSSR count). The number of anilines is 1. The number of piperazine rings is 1. The number of nitrogens with one attached hydrogen (secondary N) is 3. The molecule has 1 aromatic heterocycles. The third kappa shape index (κ3) is 6.75. The van der Waals surface area contributed by atoms with Crippen LogP contribution in [0.3, 0.4) is 0 Å². The van der Waals surface area contributed by atoms with Crippen LogP contribution < -0.4 is 26.6 Å². The maximum atomic E-state index is 14.4. The Morgan fingerprint density at radius 3 is 2.66 bits per heavy atom. The first kappa shape index (κ1) is 28.7. The molecule has 0 bridgehead atoms. The molecule has 220 valence electrons. The van der Waals surface area contributed by atoms with Crippen molar-refractivity contribution in [3.8, 4) is 5.75 Å². The normalized spacial score (nSPS) is 19.9. The molecule has 0 radical (unpaired) electrons. The summed E-state index contributed by atoms with van der Waals surface area (Å²) in [5.74, 6) is -2.13. The zero-order valence-electron chi connectivity index (χ0n) is 23.2. The summed E-state index contributed by atoms with van der Waals surface area (Å²) in [5, 5.41) is 7.03. The molecule has 0 unspecified atom stereocenters. The number of rotatable bonds is 6. The Morgan fingerprint density at radius 2 is 1.95 bits per heavy atom. The third-order valence-corrected chi connectivity index (χ3v) is 7.76. The minimum absolute atomic E-state index is 0.00573. The van der Waals surface area contributed by atoms with Gasteiger partial charge in [-0.25, -0.2) is 23.0 Å². The monoisotopic (exact) mass is 572 g/mol. The van der Waals surface area contributed by atoms with E-state index in [9.17, 15) is 22.8 Å². The Balaban J connectivity index is 1.38. The van der Waals surface area contributed by atoms with Crippen molar-refractivity contribution in [2.75, 3.05) is 32.1 Å². The summed E-state index contributed by atoms with van der Waals surface area (Å²) in [5.41, 5.74) is 0.255. The van der Waals surface area contributed by atoms with Crippen LogP contribution in [0.25, 0.3) is 10.9 Å². The van der Waals surface area contributed by atoms with Gasteiger partial charge >= 0.3 is 5.69 Å². The Kier molecular flexibility index (Phi) is 8.39. The van der Waals surface area contributed by atoms with Crippen LogP contribution in [-0.4, -0.2) is 65.2 Å². The second-order valence-electron chi connectivity index (χ2n) is 10.8. The summed E-state index contributed by atoms with van der Waals surface area (Å²) in [6, 6.07) is 9.49. The van der Waals surface area contributed by atoms with E-state index in [1.54, 1.807) is 30.3 Å². The highest BCUT2D eigenvalue weighted by Crippen LogP contribution is 2.34. The van der Waals surface area contributed by atoms with Crippen LogP contribution in [0.2, 0.25) is 0 Å². The van der Waals surface area contributed by atoms with Gasteiger partial charge in [0.25, 0.3) is 5.56 Å². The summed E-state index contributed by atoms with van der Waals surface area (Å²) in [6.45, 7) is 4.22. The van der Waals surface area contributed by atoms with E-state index in [0.717, 1.165) is 11.1 Å². The highest BCUT2D eigenvalue weighted by atomic mass is 19.3. The number of methoxy groups -OCH3 is 1. The molecule has 2 aliphatic rings. The lowest BCUT2D eigenvalue weighted by molar-refractivity contribution is -0.0374. The Bertz CT molecular complexity index is 1540. The number of aryl methyl sites for hydroxylation is 1. The maximum Gasteiger partial charge on any atom is 0.328 e. The molecular weight excluding hydrogens is 537 g/mol. The van der Waals surface area contributed by atoms with E-state index in [1.165, 1.54) is 13.2 Å². The molecule has 9 nitrogen and oxygen atoms in total. The number of hydrogen-bond donors (Lipinski definition) is 3. The molecule has 2 fully saturated rings. The lowest BCUT2D eigenvalue weighted by atomic mass is 9.93. The highest BCUT2D eigenvalue weighted by Gasteiger charge is 2.35. The van der Waals surface area contributed by atoms with E-state index < -0.39 is 23.0 Å². The van der Waals surface area contributed by atoms with Gasteiger partial charge in [-0.05, 0) is 56.0 Å². The first-order valence-corrected chi connectivity index (χ1v) is 13.9. The van der Waals surface area contributed by atoms with Crippen LogP contribution in [0.4, 0.5) is 18.9 Å². The first-order chi connectivity index (χ1) is 19.6. The van der Waals surface area contributed by atoms with Crippen molar-refractivity contribution >= 4 is 22.5 Å². The molecule has 1 aliphatic carbocycles. The first-order valence-electron chi connectivity index (χ1n) is 13.9. The van der Waals surface area contributed by atoms with Crippen molar-refractivity contribution in [1.29, 1.82) is 0 Å². The molecule has 41 heavy (non-hydrogen) atoms. The molecule has 1 atom stereocenters. The number of guanidine groups is 1. The van der Waals surface area contributed by atoms with Gasteiger partial charge in [0.15, 0.2) is 5.96 Å². The van der Waals surface area contributed by atoms with E-state index in [-0.39, 0.29) is 37.9 Å². The number of aliphatic imine (C=N–C) groups is 1. The number of benzene rings is 2. The smallest absolute Gasteiger partial charge is 0.328 e. The van der Waals surface area contributed by atoms with Gasteiger partial charge in [-0.15, -0.1) is 0 Å². The predicted molar refractivity (Wildman–Crippen MR) is 153 cm³/mol. The largest absolute Gasteiger partial charge is 0.497 e. The zero-order chi connectivity index (χ0) is 29.1. The van der Waals surface area contributed by atoms with E-state index in [4.69, 9.17) is 9.73 Å². The number of hydrogen-bond acceptors (Lipinski definition) is 5. The lowest BCUT2D eigenvalue weighted by Crippen LogP contribution is -2.53. The number of aromatic nitrogens is 2. The van der Waals surface area contributed by atoms with Gasteiger partial charge in [-0.3, -0.25) is 9.36 Å².